The van der Waals surface area contributed by atoms with Crippen LogP contribution in [0.4, 0.5) is 4.79 Å². The predicted octanol–water partition coefficient (Wildman–Crippen LogP) is 5.58. The van der Waals surface area contributed by atoms with Crippen molar-refractivity contribution < 1.29 is 9.53 Å². The van der Waals surface area contributed by atoms with Gasteiger partial charge in [0.25, 0.3) is 0 Å². The van der Waals surface area contributed by atoms with E-state index in [0.29, 0.717) is 19.6 Å². The standard InChI is InChI=1S/C22H24BrN3O2/c1-2-3-14-28-22(27)24-13-12-21-25-15-20(26-21)17-10-8-16(9-11-17)18-6-4-5-7-19(18)23/h4-11,15H,2-3,12-14H2,1H3,(H,24,27)(H,25,26). The van der Waals surface area contributed by atoms with Crippen molar-refractivity contribution in [1.82, 2.24) is 15.3 Å². The van der Waals surface area contributed by atoms with E-state index in [0.717, 1.165) is 45.5 Å². The van der Waals surface area contributed by atoms with Gasteiger partial charge < -0.3 is 15.0 Å². The zero-order valence-electron chi connectivity index (χ0n) is 15.9. The zero-order valence-corrected chi connectivity index (χ0v) is 17.5. The summed E-state index contributed by atoms with van der Waals surface area (Å²) in [4.78, 5) is 19.3. The lowest BCUT2D eigenvalue weighted by Gasteiger charge is -2.06. The maximum absolute atomic E-state index is 11.5. The number of amides is 1. The zero-order chi connectivity index (χ0) is 19.8. The summed E-state index contributed by atoms with van der Waals surface area (Å²) < 4.78 is 6.14. The van der Waals surface area contributed by atoms with E-state index in [1.54, 1.807) is 0 Å². The molecule has 0 fully saturated rings. The van der Waals surface area contributed by atoms with E-state index in [-0.39, 0.29) is 6.09 Å². The Hall–Kier alpha value is -2.60. The highest BCUT2D eigenvalue weighted by Crippen LogP contribution is 2.29. The van der Waals surface area contributed by atoms with Gasteiger partial charge in [0.05, 0.1) is 18.5 Å². The third kappa shape index (κ3) is 5.45. The van der Waals surface area contributed by atoms with Crippen LogP contribution in [0, 0.1) is 0 Å². The van der Waals surface area contributed by atoms with Crippen LogP contribution in [-0.4, -0.2) is 29.2 Å². The molecule has 0 spiro atoms. The number of carbonyl (C=O) groups is 1. The molecule has 0 saturated heterocycles. The quantitative estimate of drug-likeness (QED) is 0.448. The number of nitrogens with one attached hydrogen (secondary N) is 2. The van der Waals surface area contributed by atoms with Crippen LogP contribution in [0.1, 0.15) is 25.6 Å². The van der Waals surface area contributed by atoms with Crippen molar-refractivity contribution >= 4 is 22.0 Å². The van der Waals surface area contributed by atoms with Crippen molar-refractivity contribution in [3.63, 3.8) is 0 Å². The molecule has 28 heavy (non-hydrogen) atoms. The number of halogens is 1. The second kappa shape index (κ2) is 10.1. The fourth-order valence-corrected chi connectivity index (χ4v) is 3.32. The molecule has 0 aliphatic carbocycles. The Bertz CT molecular complexity index is 906. The summed E-state index contributed by atoms with van der Waals surface area (Å²) in [6.45, 7) is 3.01. The first-order chi connectivity index (χ1) is 13.7. The Morgan fingerprint density at radius 1 is 1.14 bits per heavy atom. The van der Waals surface area contributed by atoms with E-state index < -0.39 is 0 Å². The summed E-state index contributed by atoms with van der Waals surface area (Å²) in [7, 11) is 0. The molecular formula is C22H24BrN3O2. The van der Waals surface area contributed by atoms with Crippen LogP contribution >= 0.6 is 15.9 Å². The molecule has 3 aromatic rings. The van der Waals surface area contributed by atoms with Gasteiger partial charge >= 0.3 is 6.09 Å². The van der Waals surface area contributed by atoms with Gasteiger partial charge in [-0.2, -0.15) is 0 Å². The maximum atomic E-state index is 11.5. The van der Waals surface area contributed by atoms with Gasteiger partial charge in [-0.3, -0.25) is 0 Å². The fourth-order valence-electron chi connectivity index (χ4n) is 2.80. The van der Waals surface area contributed by atoms with Crippen LogP contribution in [0.2, 0.25) is 0 Å². The normalized spacial score (nSPS) is 10.6. The number of imidazole rings is 1. The summed E-state index contributed by atoms with van der Waals surface area (Å²) in [6.07, 6.45) is 3.96. The number of aromatic amines is 1. The van der Waals surface area contributed by atoms with Gasteiger partial charge in [-0.25, -0.2) is 9.78 Å². The number of nitrogens with zero attached hydrogens (tertiary/aromatic N) is 1. The molecule has 1 amide bonds. The Morgan fingerprint density at radius 3 is 2.64 bits per heavy atom. The largest absolute Gasteiger partial charge is 0.450 e. The van der Waals surface area contributed by atoms with Crippen LogP contribution < -0.4 is 5.32 Å². The summed E-state index contributed by atoms with van der Waals surface area (Å²) in [5.41, 5.74) is 4.35. The number of ether oxygens (including phenoxy) is 1. The SMILES string of the molecule is CCCCOC(=O)NCCc1ncc(-c2ccc(-c3ccccc3Br)cc2)[nH]1. The molecule has 0 aliphatic heterocycles. The van der Waals surface area contributed by atoms with Crippen LogP contribution in [0.5, 0.6) is 0 Å². The monoisotopic (exact) mass is 441 g/mol. The average molecular weight is 442 g/mol. The summed E-state index contributed by atoms with van der Waals surface area (Å²) >= 11 is 3.60. The number of rotatable bonds is 8. The van der Waals surface area contributed by atoms with Crippen LogP contribution in [-0.2, 0) is 11.2 Å². The van der Waals surface area contributed by atoms with Gasteiger partial charge in [-0.1, -0.05) is 71.7 Å². The molecule has 2 N–H and O–H groups in total. The highest BCUT2D eigenvalue weighted by atomic mass is 79.9. The van der Waals surface area contributed by atoms with Crippen molar-refractivity contribution in [1.29, 1.82) is 0 Å². The van der Waals surface area contributed by atoms with Crippen molar-refractivity contribution in [2.24, 2.45) is 0 Å². The minimum absolute atomic E-state index is 0.372. The van der Waals surface area contributed by atoms with Gasteiger partial charge in [0.1, 0.15) is 5.82 Å². The molecule has 2 aromatic carbocycles. The number of H-pyrrole nitrogens is 1. The van der Waals surface area contributed by atoms with Gasteiger partial charge in [0.15, 0.2) is 0 Å². The molecule has 1 aromatic heterocycles. The molecule has 6 heteroatoms. The maximum Gasteiger partial charge on any atom is 0.407 e. The molecule has 0 unspecified atom stereocenters. The number of benzene rings is 2. The lowest BCUT2D eigenvalue weighted by atomic mass is 10.0. The van der Waals surface area contributed by atoms with E-state index in [2.05, 4.69) is 68.5 Å². The van der Waals surface area contributed by atoms with Gasteiger partial charge in [0.2, 0.25) is 0 Å². The minimum Gasteiger partial charge on any atom is -0.450 e. The van der Waals surface area contributed by atoms with E-state index in [1.165, 1.54) is 0 Å². The highest BCUT2D eigenvalue weighted by Gasteiger charge is 2.07. The third-order valence-electron chi connectivity index (χ3n) is 4.37. The van der Waals surface area contributed by atoms with Gasteiger partial charge in [-0.05, 0) is 29.2 Å². The molecule has 3 rings (SSSR count). The first kappa shape index (κ1) is 20.1. The number of alkyl carbamates (subject to hydrolysis) is 1. The first-order valence-electron chi connectivity index (χ1n) is 9.47. The predicted molar refractivity (Wildman–Crippen MR) is 115 cm³/mol. The smallest absolute Gasteiger partial charge is 0.407 e. The molecule has 5 nitrogen and oxygen atoms in total. The molecule has 0 aliphatic rings. The topological polar surface area (TPSA) is 67.0 Å². The highest BCUT2D eigenvalue weighted by molar-refractivity contribution is 9.10. The second-order valence-electron chi connectivity index (χ2n) is 6.47. The van der Waals surface area contributed by atoms with E-state index in [9.17, 15) is 4.79 Å². The molecular weight excluding hydrogens is 418 g/mol. The van der Waals surface area contributed by atoms with E-state index >= 15 is 0 Å². The van der Waals surface area contributed by atoms with Crippen molar-refractivity contribution in [2.45, 2.75) is 26.2 Å². The summed E-state index contributed by atoms with van der Waals surface area (Å²) in [5.74, 6) is 0.832. The Balaban J connectivity index is 1.55. The number of hydrogen-bond donors (Lipinski definition) is 2. The van der Waals surface area contributed by atoms with Crippen LogP contribution in [0.3, 0.4) is 0 Å². The Kier molecular flexibility index (Phi) is 7.25. The molecule has 0 saturated carbocycles. The first-order valence-corrected chi connectivity index (χ1v) is 10.3. The van der Waals surface area contributed by atoms with Crippen LogP contribution in [0.25, 0.3) is 22.4 Å². The fraction of sp³-hybridized carbons (Fsp3) is 0.273. The minimum atomic E-state index is -0.372. The Labute approximate surface area is 173 Å². The van der Waals surface area contributed by atoms with Gasteiger partial charge in [0, 0.05) is 17.4 Å². The average Bonchev–Trinajstić information content (AvgIpc) is 3.18. The summed E-state index contributed by atoms with van der Waals surface area (Å²) in [6, 6.07) is 16.5. The van der Waals surface area contributed by atoms with Crippen LogP contribution in [0.15, 0.2) is 59.2 Å². The lowest BCUT2D eigenvalue weighted by Crippen LogP contribution is -2.27. The number of aromatic nitrogens is 2. The van der Waals surface area contributed by atoms with E-state index in [1.807, 2.05) is 24.4 Å². The molecule has 1 heterocycles. The number of unbranched alkanes of at least 4 members (excludes halogenated alkanes) is 1. The number of hydrogen-bond acceptors (Lipinski definition) is 3. The molecule has 146 valence electrons. The second-order valence-corrected chi connectivity index (χ2v) is 7.32. The molecule has 0 bridgehead atoms. The molecule has 0 radical (unpaired) electrons. The lowest BCUT2D eigenvalue weighted by molar-refractivity contribution is 0.144. The van der Waals surface area contributed by atoms with E-state index in [4.69, 9.17) is 4.74 Å². The number of carbonyl (C=O) groups excluding carboxylic acids is 1. The summed E-state index contributed by atoms with van der Waals surface area (Å²) in [5, 5.41) is 2.74. The third-order valence-corrected chi connectivity index (χ3v) is 5.06. The van der Waals surface area contributed by atoms with Crippen molar-refractivity contribution in [3.05, 3.63) is 65.0 Å². The molecule has 0 atom stereocenters. The van der Waals surface area contributed by atoms with Crippen molar-refractivity contribution in [3.8, 4) is 22.4 Å². The Morgan fingerprint density at radius 2 is 1.89 bits per heavy atom. The van der Waals surface area contributed by atoms with Crippen molar-refractivity contribution in [2.75, 3.05) is 13.2 Å². The van der Waals surface area contributed by atoms with Gasteiger partial charge in [-0.15, -0.1) is 0 Å².